The van der Waals surface area contributed by atoms with E-state index in [0.29, 0.717) is 12.3 Å². The van der Waals surface area contributed by atoms with Gasteiger partial charge < -0.3 is 9.73 Å². The second-order valence-corrected chi connectivity index (χ2v) is 6.73. The van der Waals surface area contributed by atoms with Crippen molar-refractivity contribution in [1.29, 1.82) is 0 Å². The highest BCUT2D eigenvalue weighted by Crippen LogP contribution is 2.28. The van der Waals surface area contributed by atoms with Crippen molar-refractivity contribution >= 4 is 28.6 Å². The van der Waals surface area contributed by atoms with E-state index in [-0.39, 0.29) is 11.8 Å². The van der Waals surface area contributed by atoms with Crippen molar-refractivity contribution in [1.82, 2.24) is 5.32 Å². The largest absolute Gasteiger partial charge is 0.451 e. The summed E-state index contributed by atoms with van der Waals surface area (Å²) < 4.78 is 5.83. The van der Waals surface area contributed by atoms with E-state index >= 15 is 0 Å². The Hall–Kier alpha value is -2.20. The van der Waals surface area contributed by atoms with Crippen LogP contribution in [0.15, 0.2) is 59.0 Å². The number of amides is 1. The number of carbonyl (C=O) groups excluding carboxylic acids is 1. The minimum atomic E-state index is -0.141. The molecule has 0 aliphatic carbocycles. The van der Waals surface area contributed by atoms with E-state index in [0.717, 1.165) is 22.3 Å². The summed E-state index contributed by atoms with van der Waals surface area (Å²) in [6.45, 7) is 2.69. The first-order chi connectivity index (χ1) is 11.7. The van der Waals surface area contributed by atoms with Crippen molar-refractivity contribution in [2.75, 3.05) is 12.8 Å². The summed E-state index contributed by atoms with van der Waals surface area (Å²) in [6.07, 6.45) is 2.03. The number of hydrogen-bond acceptors (Lipinski definition) is 3. The van der Waals surface area contributed by atoms with Gasteiger partial charge in [-0.1, -0.05) is 55.5 Å². The second kappa shape index (κ2) is 7.58. The van der Waals surface area contributed by atoms with E-state index in [1.807, 2.05) is 48.7 Å². The molecule has 4 heteroatoms. The number of benzene rings is 2. The third-order valence-corrected chi connectivity index (χ3v) is 4.71. The number of furan rings is 1. The molecule has 124 valence electrons. The Morgan fingerprint density at radius 1 is 1.12 bits per heavy atom. The van der Waals surface area contributed by atoms with Crippen LogP contribution in [0.1, 0.15) is 34.5 Å². The quantitative estimate of drug-likeness (QED) is 0.699. The lowest BCUT2D eigenvalue weighted by molar-refractivity contribution is 0.0925. The molecule has 3 nitrogen and oxygen atoms in total. The second-order valence-electron chi connectivity index (χ2n) is 5.86. The van der Waals surface area contributed by atoms with Gasteiger partial charge in [-0.05, 0) is 23.8 Å². The van der Waals surface area contributed by atoms with Crippen LogP contribution in [0.5, 0.6) is 0 Å². The van der Waals surface area contributed by atoms with Gasteiger partial charge in [-0.15, -0.1) is 0 Å². The maximum atomic E-state index is 12.6. The van der Waals surface area contributed by atoms with Crippen LogP contribution >= 0.6 is 11.8 Å². The number of carbonyl (C=O) groups is 1. The van der Waals surface area contributed by atoms with Crippen LogP contribution in [-0.4, -0.2) is 18.7 Å². The predicted molar refractivity (Wildman–Crippen MR) is 101 cm³/mol. The Bertz CT molecular complexity index is 826. The number of nitrogens with one attached hydrogen (secondary N) is 1. The molecule has 1 amide bonds. The van der Waals surface area contributed by atoms with Gasteiger partial charge in [0.2, 0.25) is 0 Å². The topological polar surface area (TPSA) is 42.2 Å². The SMILES string of the molecule is CSCc1c(C(=O)NCC(C)c2ccccc2)oc2ccccc12. The number of fused-ring (bicyclic) bond motifs is 1. The lowest BCUT2D eigenvalue weighted by Crippen LogP contribution is -2.27. The zero-order valence-electron chi connectivity index (χ0n) is 13.9. The smallest absolute Gasteiger partial charge is 0.287 e. The van der Waals surface area contributed by atoms with E-state index < -0.39 is 0 Å². The molecule has 0 aliphatic rings. The molecular weight excluding hydrogens is 318 g/mol. The van der Waals surface area contributed by atoms with Gasteiger partial charge in [0, 0.05) is 23.2 Å². The van der Waals surface area contributed by atoms with Crippen molar-refractivity contribution in [2.45, 2.75) is 18.6 Å². The number of hydrogen-bond donors (Lipinski definition) is 1. The molecule has 0 saturated carbocycles. The Morgan fingerprint density at radius 2 is 1.83 bits per heavy atom. The summed E-state index contributed by atoms with van der Waals surface area (Å²) in [5.74, 6) is 1.31. The monoisotopic (exact) mass is 339 g/mol. The van der Waals surface area contributed by atoms with Gasteiger partial charge >= 0.3 is 0 Å². The molecule has 0 radical (unpaired) electrons. The minimum absolute atomic E-state index is 0.141. The Kier molecular flexibility index (Phi) is 5.26. The van der Waals surface area contributed by atoms with Gasteiger partial charge in [-0.25, -0.2) is 0 Å². The highest BCUT2D eigenvalue weighted by Gasteiger charge is 2.20. The summed E-state index contributed by atoms with van der Waals surface area (Å²) in [7, 11) is 0. The lowest BCUT2D eigenvalue weighted by atomic mass is 10.0. The average molecular weight is 339 g/mol. The number of thioether (sulfide) groups is 1. The molecule has 0 fully saturated rings. The first-order valence-corrected chi connectivity index (χ1v) is 9.42. The van der Waals surface area contributed by atoms with Gasteiger partial charge in [-0.3, -0.25) is 4.79 Å². The van der Waals surface area contributed by atoms with Crippen LogP contribution in [0.4, 0.5) is 0 Å². The predicted octanol–water partition coefficient (Wildman–Crippen LogP) is 4.83. The molecular formula is C20H21NO2S. The van der Waals surface area contributed by atoms with Crippen LogP contribution in [0, 0.1) is 0 Å². The van der Waals surface area contributed by atoms with Gasteiger partial charge in [0.05, 0.1) is 0 Å². The maximum absolute atomic E-state index is 12.6. The maximum Gasteiger partial charge on any atom is 0.287 e. The van der Waals surface area contributed by atoms with E-state index in [2.05, 4.69) is 24.4 Å². The number of para-hydroxylation sites is 1. The molecule has 1 aromatic heterocycles. The van der Waals surface area contributed by atoms with E-state index in [4.69, 9.17) is 4.42 Å². The summed E-state index contributed by atoms with van der Waals surface area (Å²) in [5, 5.41) is 4.04. The first kappa shape index (κ1) is 16.7. The van der Waals surface area contributed by atoms with Crippen molar-refractivity contribution in [2.24, 2.45) is 0 Å². The van der Waals surface area contributed by atoms with E-state index in [1.165, 1.54) is 5.56 Å². The Morgan fingerprint density at radius 3 is 2.58 bits per heavy atom. The van der Waals surface area contributed by atoms with Gasteiger partial charge in [0.1, 0.15) is 5.58 Å². The van der Waals surface area contributed by atoms with Crippen LogP contribution in [-0.2, 0) is 5.75 Å². The van der Waals surface area contributed by atoms with Crippen molar-refractivity contribution in [3.8, 4) is 0 Å². The fraction of sp³-hybridized carbons (Fsp3) is 0.250. The molecule has 0 aliphatic heterocycles. The summed E-state index contributed by atoms with van der Waals surface area (Å²) in [4.78, 5) is 12.6. The molecule has 1 unspecified atom stereocenters. The lowest BCUT2D eigenvalue weighted by Gasteiger charge is -2.12. The molecule has 2 aromatic carbocycles. The van der Waals surface area contributed by atoms with E-state index in [1.54, 1.807) is 11.8 Å². The standard InChI is InChI=1S/C20H21NO2S/c1-14(15-8-4-3-5-9-15)12-21-20(22)19-17(13-24-2)16-10-6-7-11-18(16)23-19/h3-11,14H,12-13H2,1-2H3,(H,21,22). The molecule has 1 heterocycles. The van der Waals surface area contributed by atoms with Crippen LogP contribution < -0.4 is 5.32 Å². The first-order valence-electron chi connectivity index (χ1n) is 8.03. The van der Waals surface area contributed by atoms with Gasteiger partial charge in [0.15, 0.2) is 5.76 Å². The van der Waals surface area contributed by atoms with Crippen molar-refractivity contribution in [3.05, 3.63) is 71.5 Å². The molecule has 1 atom stereocenters. The third-order valence-electron chi connectivity index (χ3n) is 4.13. The summed E-state index contributed by atoms with van der Waals surface area (Å²) in [5.41, 5.74) is 2.96. The van der Waals surface area contributed by atoms with Gasteiger partial charge in [0.25, 0.3) is 5.91 Å². The van der Waals surface area contributed by atoms with E-state index in [9.17, 15) is 4.79 Å². The minimum Gasteiger partial charge on any atom is -0.451 e. The average Bonchev–Trinajstić information content (AvgIpc) is 2.99. The fourth-order valence-corrected chi connectivity index (χ4v) is 3.37. The zero-order valence-corrected chi connectivity index (χ0v) is 14.7. The van der Waals surface area contributed by atoms with Gasteiger partial charge in [-0.2, -0.15) is 11.8 Å². The summed E-state index contributed by atoms with van der Waals surface area (Å²) in [6, 6.07) is 18.0. The van der Waals surface area contributed by atoms with Crippen LogP contribution in [0.25, 0.3) is 11.0 Å². The molecule has 3 rings (SSSR count). The van der Waals surface area contributed by atoms with Crippen molar-refractivity contribution < 1.29 is 9.21 Å². The van der Waals surface area contributed by atoms with Crippen LogP contribution in [0.2, 0.25) is 0 Å². The fourth-order valence-electron chi connectivity index (χ4n) is 2.80. The molecule has 0 spiro atoms. The highest BCUT2D eigenvalue weighted by molar-refractivity contribution is 7.97. The molecule has 0 saturated heterocycles. The highest BCUT2D eigenvalue weighted by atomic mass is 32.2. The molecule has 3 aromatic rings. The molecule has 1 N–H and O–H groups in total. The summed E-state index contributed by atoms with van der Waals surface area (Å²) >= 11 is 1.69. The Labute approximate surface area is 146 Å². The number of rotatable bonds is 6. The zero-order chi connectivity index (χ0) is 16.9. The molecule has 24 heavy (non-hydrogen) atoms. The normalized spacial score (nSPS) is 12.2. The third kappa shape index (κ3) is 3.49. The van der Waals surface area contributed by atoms with Crippen LogP contribution in [0.3, 0.4) is 0 Å². The Balaban J connectivity index is 1.77. The molecule has 0 bridgehead atoms. The van der Waals surface area contributed by atoms with Crippen molar-refractivity contribution in [3.63, 3.8) is 0 Å².